The molecular weight excluding hydrogens is 537 g/mol. The SMILES string of the molecule is NC(=O)CC[C@H](NC(=O)N1CCc2c(cc(-c3cscn3)cc2-c2ccc(C(F)(F)F)cc2)C1)c1ccccc1. The molecule has 3 aromatic carbocycles. The predicted molar refractivity (Wildman–Crippen MR) is 148 cm³/mol. The van der Waals surface area contributed by atoms with Crippen molar-refractivity contribution in [3.63, 3.8) is 0 Å². The van der Waals surface area contributed by atoms with Crippen LogP contribution in [0.4, 0.5) is 18.0 Å². The van der Waals surface area contributed by atoms with Crippen molar-refractivity contribution in [2.75, 3.05) is 6.54 Å². The number of halogens is 3. The Balaban J connectivity index is 1.44. The first-order chi connectivity index (χ1) is 19.2. The molecule has 0 saturated carbocycles. The fourth-order valence-corrected chi connectivity index (χ4v) is 5.57. The number of aromatic nitrogens is 1. The Morgan fingerprint density at radius 3 is 2.45 bits per heavy atom. The second kappa shape index (κ2) is 11.5. The number of benzene rings is 3. The lowest BCUT2D eigenvalue weighted by Gasteiger charge is -2.32. The number of rotatable bonds is 7. The molecule has 1 aromatic heterocycles. The van der Waals surface area contributed by atoms with E-state index in [1.807, 2.05) is 47.8 Å². The summed E-state index contributed by atoms with van der Waals surface area (Å²) >= 11 is 1.45. The number of hydrogen-bond acceptors (Lipinski definition) is 4. The third-order valence-electron chi connectivity index (χ3n) is 7.05. The number of amides is 3. The fourth-order valence-electron chi connectivity index (χ4n) is 5.01. The Labute approximate surface area is 233 Å². The van der Waals surface area contributed by atoms with Crippen LogP contribution in [0.3, 0.4) is 0 Å². The van der Waals surface area contributed by atoms with Gasteiger partial charge < -0.3 is 16.0 Å². The molecule has 1 aliphatic rings. The van der Waals surface area contributed by atoms with Gasteiger partial charge in [0, 0.05) is 30.5 Å². The summed E-state index contributed by atoms with van der Waals surface area (Å²) in [5.41, 5.74) is 12.3. The van der Waals surface area contributed by atoms with E-state index in [4.69, 9.17) is 5.73 Å². The molecule has 0 saturated heterocycles. The van der Waals surface area contributed by atoms with Crippen molar-refractivity contribution in [1.29, 1.82) is 0 Å². The van der Waals surface area contributed by atoms with Crippen LogP contribution in [0, 0.1) is 0 Å². The summed E-state index contributed by atoms with van der Waals surface area (Å²) in [7, 11) is 0. The van der Waals surface area contributed by atoms with Gasteiger partial charge in [0.25, 0.3) is 0 Å². The van der Waals surface area contributed by atoms with Crippen LogP contribution < -0.4 is 11.1 Å². The Bertz CT molecular complexity index is 1490. The van der Waals surface area contributed by atoms with Crippen LogP contribution in [0.2, 0.25) is 0 Å². The zero-order valence-electron chi connectivity index (χ0n) is 21.4. The number of primary amides is 1. The van der Waals surface area contributed by atoms with E-state index in [9.17, 15) is 22.8 Å². The van der Waals surface area contributed by atoms with Gasteiger partial charge in [-0.3, -0.25) is 4.79 Å². The smallest absolute Gasteiger partial charge is 0.370 e. The molecule has 10 heteroatoms. The number of carbonyl (C=O) groups is 2. The fraction of sp³-hybridized carbons (Fsp3) is 0.233. The molecule has 4 aromatic rings. The van der Waals surface area contributed by atoms with Crippen LogP contribution in [-0.2, 0) is 23.9 Å². The lowest BCUT2D eigenvalue weighted by Crippen LogP contribution is -2.44. The first kappa shape index (κ1) is 27.4. The molecule has 0 bridgehead atoms. The van der Waals surface area contributed by atoms with Gasteiger partial charge in [-0.15, -0.1) is 11.3 Å². The number of carbonyl (C=O) groups excluding carboxylic acids is 2. The lowest BCUT2D eigenvalue weighted by atomic mass is 9.88. The van der Waals surface area contributed by atoms with Gasteiger partial charge in [-0.2, -0.15) is 13.2 Å². The number of nitrogens with one attached hydrogen (secondary N) is 1. The van der Waals surface area contributed by atoms with Crippen LogP contribution in [-0.4, -0.2) is 28.4 Å². The van der Waals surface area contributed by atoms with E-state index in [1.165, 1.54) is 23.5 Å². The zero-order chi connectivity index (χ0) is 28.3. The molecular formula is C30H27F3N4O2S. The van der Waals surface area contributed by atoms with E-state index in [-0.39, 0.29) is 18.5 Å². The molecule has 206 valence electrons. The third kappa shape index (κ3) is 6.17. The highest BCUT2D eigenvalue weighted by Crippen LogP contribution is 2.37. The maximum atomic E-state index is 13.4. The molecule has 0 radical (unpaired) electrons. The zero-order valence-corrected chi connectivity index (χ0v) is 22.3. The Kier molecular flexibility index (Phi) is 7.88. The molecule has 3 N–H and O–H groups in total. The second-order valence-corrected chi connectivity index (χ2v) is 10.4. The first-order valence-corrected chi connectivity index (χ1v) is 13.7. The normalized spacial score (nSPS) is 13.9. The number of alkyl halides is 3. The van der Waals surface area contributed by atoms with Gasteiger partial charge in [-0.05, 0) is 64.9 Å². The summed E-state index contributed by atoms with van der Waals surface area (Å²) in [6.07, 6.45) is -3.37. The van der Waals surface area contributed by atoms with Crippen LogP contribution in [0.15, 0.2) is 77.6 Å². The Morgan fingerprint density at radius 1 is 1.05 bits per heavy atom. The second-order valence-electron chi connectivity index (χ2n) is 9.70. The molecule has 0 spiro atoms. The van der Waals surface area contributed by atoms with Crippen LogP contribution in [0.5, 0.6) is 0 Å². The van der Waals surface area contributed by atoms with Gasteiger partial charge in [0.1, 0.15) is 0 Å². The van der Waals surface area contributed by atoms with E-state index in [1.54, 1.807) is 10.4 Å². The molecule has 3 amide bonds. The van der Waals surface area contributed by atoms with Crippen molar-refractivity contribution < 1.29 is 22.8 Å². The van der Waals surface area contributed by atoms with Crippen molar-refractivity contribution in [2.45, 2.75) is 38.0 Å². The highest BCUT2D eigenvalue weighted by atomic mass is 32.1. The average molecular weight is 565 g/mol. The minimum atomic E-state index is -4.41. The van der Waals surface area contributed by atoms with Gasteiger partial charge >= 0.3 is 12.2 Å². The summed E-state index contributed by atoms with van der Waals surface area (Å²) in [4.78, 5) is 31.0. The summed E-state index contributed by atoms with van der Waals surface area (Å²) in [5.74, 6) is -0.438. The number of thiazole rings is 1. The summed E-state index contributed by atoms with van der Waals surface area (Å²) < 4.78 is 39.5. The van der Waals surface area contributed by atoms with Crippen molar-refractivity contribution in [1.82, 2.24) is 15.2 Å². The number of nitrogens with two attached hydrogens (primary N) is 1. The molecule has 1 atom stereocenters. The van der Waals surface area contributed by atoms with Crippen molar-refractivity contribution in [3.05, 3.63) is 99.9 Å². The van der Waals surface area contributed by atoms with Gasteiger partial charge in [0.05, 0.1) is 22.8 Å². The molecule has 0 aliphatic carbocycles. The monoisotopic (exact) mass is 564 g/mol. The van der Waals surface area contributed by atoms with E-state index >= 15 is 0 Å². The predicted octanol–water partition coefficient (Wildman–Crippen LogP) is 6.57. The van der Waals surface area contributed by atoms with E-state index < -0.39 is 17.6 Å². The first-order valence-electron chi connectivity index (χ1n) is 12.8. The molecule has 0 unspecified atom stereocenters. The standard InChI is InChI=1S/C30H27F3N4O2S/c31-30(32,33)23-8-6-19(7-9-23)25-15-21(27-17-40-18-35-27)14-22-16-37(13-12-24(22)25)29(39)36-26(10-11-28(34)38)20-4-2-1-3-5-20/h1-9,14-15,17-18,26H,10-13,16H2,(H2,34,38)(H,36,39)/t26-/m0/s1. The molecule has 6 nitrogen and oxygen atoms in total. The molecule has 5 rings (SSSR count). The minimum absolute atomic E-state index is 0.135. The van der Waals surface area contributed by atoms with Crippen molar-refractivity contribution in [2.24, 2.45) is 5.73 Å². The summed E-state index contributed by atoms with van der Waals surface area (Å²) in [6, 6.07) is 17.9. The van der Waals surface area contributed by atoms with Gasteiger partial charge in [0.15, 0.2) is 0 Å². The third-order valence-corrected chi connectivity index (χ3v) is 7.64. The van der Waals surface area contributed by atoms with Gasteiger partial charge in [0.2, 0.25) is 5.91 Å². The van der Waals surface area contributed by atoms with Crippen LogP contribution in [0.25, 0.3) is 22.4 Å². The molecule has 0 fully saturated rings. The number of nitrogens with zero attached hydrogens (tertiary/aromatic N) is 2. The van der Waals surface area contributed by atoms with E-state index in [0.717, 1.165) is 45.6 Å². The van der Waals surface area contributed by atoms with Crippen molar-refractivity contribution in [3.8, 4) is 22.4 Å². The summed E-state index contributed by atoms with van der Waals surface area (Å²) in [5, 5.41) is 4.97. The lowest BCUT2D eigenvalue weighted by molar-refractivity contribution is -0.137. The highest BCUT2D eigenvalue weighted by Gasteiger charge is 2.31. The average Bonchev–Trinajstić information content (AvgIpc) is 3.49. The molecule has 2 heterocycles. The molecule has 1 aliphatic heterocycles. The number of fused-ring (bicyclic) bond motifs is 1. The summed E-state index contributed by atoms with van der Waals surface area (Å²) in [6.45, 7) is 0.754. The maximum absolute atomic E-state index is 13.4. The van der Waals surface area contributed by atoms with Gasteiger partial charge in [-0.1, -0.05) is 42.5 Å². The van der Waals surface area contributed by atoms with Gasteiger partial charge in [-0.25, -0.2) is 9.78 Å². The topological polar surface area (TPSA) is 88.3 Å². The van der Waals surface area contributed by atoms with E-state index in [2.05, 4.69) is 10.3 Å². The molecule has 40 heavy (non-hydrogen) atoms. The number of urea groups is 1. The highest BCUT2D eigenvalue weighted by molar-refractivity contribution is 7.07. The van der Waals surface area contributed by atoms with E-state index in [0.29, 0.717) is 31.5 Å². The minimum Gasteiger partial charge on any atom is -0.370 e. The van der Waals surface area contributed by atoms with Crippen molar-refractivity contribution >= 4 is 23.3 Å². The number of hydrogen-bond donors (Lipinski definition) is 2. The Morgan fingerprint density at radius 2 is 1.80 bits per heavy atom. The largest absolute Gasteiger partial charge is 0.416 e. The van der Waals surface area contributed by atoms with Crippen LogP contribution >= 0.6 is 11.3 Å². The quantitative estimate of drug-likeness (QED) is 0.266. The van der Waals surface area contributed by atoms with Crippen LogP contribution in [0.1, 0.15) is 41.1 Å². The maximum Gasteiger partial charge on any atom is 0.416 e. The Hall–Kier alpha value is -4.18.